The van der Waals surface area contributed by atoms with Gasteiger partial charge >= 0.3 is 0 Å². The van der Waals surface area contributed by atoms with Crippen LogP contribution in [0.15, 0.2) is 4.52 Å². The highest BCUT2D eigenvalue weighted by atomic mass is 16.5. The molecule has 2 rings (SSSR count). The monoisotopic (exact) mass is 240 g/mol. The van der Waals surface area contributed by atoms with Crippen molar-refractivity contribution >= 4 is 5.95 Å². The van der Waals surface area contributed by atoms with Crippen molar-refractivity contribution in [3.63, 3.8) is 0 Å². The summed E-state index contributed by atoms with van der Waals surface area (Å²) in [6, 6.07) is -0.367. The Balaban J connectivity index is 2.01. The number of aliphatic hydroxyl groups is 1. The summed E-state index contributed by atoms with van der Waals surface area (Å²) in [5.74, 6) is 1.05. The van der Waals surface area contributed by atoms with Gasteiger partial charge in [-0.05, 0) is 24.4 Å². The van der Waals surface area contributed by atoms with Crippen molar-refractivity contribution in [1.29, 1.82) is 0 Å². The fraction of sp³-hybridized carbons (Fsp3) is 0.818. The maximum atomic E-state index is 8.81. The number of rotatable bonds is 4. The van der Waals surface area contributed by atoms with Gasteiger partial charge in [0.25, 0.3) is 5.95 Å². The van der Waals surface area contributed by atoms with Crippen LogP contribution in [0.4, 0.5) is 5.95 Å². The minimum atomic E-state index is -0.367. The maximum Gasteiger partial charge on any atom is 0.266 e. The first-order valence-corrected chi connectivity index (χ1v) is 6.26. The molecule has 0 aliphatic carbocycles. The summed E-state index contributed by atoms with van der Waals surface area (Å²) in [5.41, 5.74) is 5.80. The lowest BCUT2D eigenvalue weighted by Gasteiger charge is -2.16. The Morgan fingerprint density at radius 2 is 2.00 bits per heavy atom. The summed E-state index contributed by atoms with van der Waals surface area (Å²) >= 11 is 0. The lowest BCUT2D eigenvalue weighted by atomic mass is 10.2. The molecule has 1 atom stereocenters. The molecule has 1 aliphatic rings. The molecule has 17 heavy (non-hydrogen) atoms. The van der Waals surface area contributed by atoms with Gasteiger partial charge in [0.05, 0.1) is 6.04 Å². The SMILES string of the molecule is NC(CCO)c1nc(N2CCCCCC2)no1. The lowest BCUT2D eigenvalue weighted by molar-refractivity contribution is 0.259. The molecule has 2 heterocycles. The molecule has 1 aromatic heterocycles. The minimum absolute atomic E-state index is 0.0304. The third-order valence-electron chi connectivity index (χ3n) is 3.08. The van der Waals surface area contributed by atoms with Gasteiger partial charge in [-0.3, -0.25) is 0 Å². The number of nitrogens with zero attached hydrogens (tertiary/aromatic N) is 3. The molecule has 1 saturated heterocycles. The topological polar surface area (TPSA) is 88.4 Å². The van der Waals surface area contributed by atoms with Gasteiger partial charge in [-0.15, -0.1) is 0 Å². The van der Waals surface area contributed by atoms with Crippen LogP contribution in [0.1, 0.15) is 44.0 Å². The molecule has 6 nitrogen and oxygen atoms in total. The average molecular weight is 240 g/mol. The van der Waals surface area contributed by atoms with Crippen LogP contribution < -0.4 is 10.6 Å². The van der Waals surface area contributed by atoms with E-state index in [1.807, 2.05) is 0 Å². The summed E-state index contributed by atoms with van der Waals surface area (Å²) in [7, 11) is 0. The zero-order valence-electron chi connectivity index (χ0n) is 10.0. The van der Waals surface area contributed by atoms with E-state index in [4.69, 9.17) is 15.4 Å². The second-order valence-electron chi connectivity index (χ2n) is 4.45. The highest BCUT2D eigenvalue weighted by molar-refractivity contribution is 5.27. The van der Waals surface area contributed by atoms with Gasteiger partial charge < -0.3 is 20.3 Å². The summed E-state index contributed by atoms with van der Waals surface area (Å²) < 4.78 is 5.13. The van der Waals surface area contributed by atoms with Gasteiger partial charge in [0.15, 0.2) is 0 Å². The summed E-state index contributed by atoms with van der Waals surface area (Å²) in [6.45, 7) is 1.99. The molecule has 0 radical (unpaired) electrons. The Hall–Kier alpha value is -1.14. The quantitative estimate of drug-likeness (QED) is 0.810. The molecule has 3 N–H and O–H groups in total. The van der Waals surface area contributed by atoms with Crippen molar-refractivity contribution in [3.8, 4) is 0 Å². The van der Waals surface area contributed by atoms with Crippen LogP contribution in [0.25, 0.3) is 0 Å². The van der Waals surface area contributed by atoms with E-state index >= 15 is 0 Å². The molecular weight excluding hydrogens is 220 g/mol. The third-order valence-corrected chi connectivity index (χ3v) is 3.08. The van der Waals surface area contributed by atoms with Gasteiger partial charge in [-0.2, -0.15) is 4.98 Å². The Bertz CT molecular complexity index is 334. The molecule has 0 bridgehead atoms. The van der Waals surface area contributed by atoms with E-state index in [2.05, 4.69) is 15.0 Å². The van der Waals surface area contributed by atoms with Gasteiger partial charge in [0, 0.05) is 19.7 Å². The zero-order valence-corrected chi connectivity index (χ0v) is 10.0. The fourth-order valence-corrected chi connectivity index (χ4v) is 2.04. The number of anilines is 1. The predicted octanol–water partition coefficient (Wildman–Crippen LogP) is 0.832. The number of hydrogen-bond acceptors (Lipinski definition) is 6. The number of aromatic nitrogens is 2. The lowest BCUT2D eigenvalue weighted by Crippen LogP contribution is -2.25. The maximum absolute atomic E-state index is 8.81. The Morgan fingerprint density at radius 3 is 2.65 bits per heavy atom. The first-order valence-electron chi connectivity index (χ1n) is 6.26. The van der Waals surface area contributed by atoms with Crippen molar-refractivity contribution in [2.24, 2.45) is 5.73 Å². The van der Waals surface area contributed by atoms with Crippen molar-refractivity contribution in [1.82, 2.24) is 10.1 Å². The van der Waals surface area contributed by atoms with Crippen LogP contribution in [0.3, 0.4) is 0 Å². The van der Waals surface area contributed by atoms with Crippen LogP contribution in [0.2, 0.25) is 0 Å². The normalized spacial score (nSPS) is 19.1. The van der Waals surface area contributed by atoms with Crippen LogP contribution in [-0.2, 0) is 0 Å². The number of aliphatic hydroxyl groups excluding tert-OH is 1. The molecule has 1 aliphatic heterocycles. The van der Waals surface area contributed by atoms with E-state index in [1.165, 1.54) is 25.7 Å². The predicted molar refractivity (Wildman–Crippen MR) is 63.6 cm³/mol. The first-order chi connectivity index (χ1) is 8.31. The van der Waals surface area contributed by atoms with E-state index in [9.17, 15) is 0 Å². The Labute approximate surface area is 101 Å². The smallest absolute Gasteiger partial charge is 0.266 e. The van der Waals surface area contributed by atoms with E-state index < -0.39 is 0 Å². The van der Waals surface area contributed by atoms with Gasteiger partial charge in [0.1, 0.15) is 0 Å². The van der Waals surface area contributed by atoms with Crippen molar-refractivity contribution in [2.75, 3.05) is 24.6 Å². The number of hydrogen-bond donors (Lipinski definition) is 2. The molecular formula is C11H20N4O2. The summed E-state index contributed by atoms with van der Waals surface area (Å²) in [6.07, 6.45) is 5.33. The first kappa shape index (κ1) is 12.3. The molecule has 1 aromatic rings. The zero-order chi connectivity index (χ0) is 12.1. The van der Waals surface area contributed by atoms with E-state index in [0.717, 1.165) is 13.1 Å². The molecule has 1 unspecified atom stereocenters. The second-order valence-corrected chi connectivity index (χ2v) is 4.45. The Morgan fingerprint density at radius 1 is 1.29 bits per heavy atom. The summed E-state index contributed by atoms with van der Waals surface area (Å²) in [5, 5.41) is 12.8. The molecule has 0 spiro atoms. The van der Waals surface area contributed by atoms with E-state index in [1.54, 1.807) is 0 Å². The average Bonchev–Trinajstić information content (AvgIpc) is 2.66. The van der Waals surface area contributed by atoms with Gasteiger partial charge in [0.2, 0.25) is 5.89 Å². The highest BCUT2D eigenvalue weighted by Gasteiger charge is 2.19. The van der Waals surface area contributed by atoms with Crippen LogP contribution in [0.5, 0.6) is 0 Å². The minimum Gasteiger partial charge on any atom is -0.396 e. The highest BCUT2D eigenvalue weighted by Crippen LogP contribution is 2.19. The van der Waals surface area contributed by atoms with Crippen LogP contribution in [0, 0.1) is 0 Å². The van der Waals surface area contributed by atoms with Crippen LogP contribution in [-0.4, -0.2) is 34.9 Å². The largest absolute Gasteiger partial charge is 0.396 e. The Kier molecular flexibility index (Phi) is 4.33. The molecule has 96 valence electrons. The van der Waals surface area contributed by atoms with Crippen molar-refractivity contribution in [3.05, 3.63) is 5.89 Å². The standard InChI is InChI=1S/C11H20N4O2/c12-9(5-8-16)10-13-11(14-17-10)15-6-3-1-2-4-7-15/h9,16H,1-8,12H2. The summed E-state index contributed by atoms with van der Waals surface area (Å²) in [4.78, 5) is 6.45. The van der Waals surface area contributed by atoms with E-state index in [0.29, 0.717) is 18.3 Å². The van der Waals surface area contributed by atoms with Crippen molar-refractivity contribution in [2.45, 2.75) is 38.1 Å². The molecule has 0 aromatic carbocycles. The van der Waals surface area contributed by atoms with Gasteiger partial charge in [-0.1, -0.05) is 12.8 Å². The molecule has 1 fully saturated rings. The van der Waals surface area contributed by atoms with E-state index in [-0.39, 0.29) is 12.6 Å². The molecule has 0 amide bonds. The van der Waals surface area contributed by atoms with Gasteiger partial charge in [-0.25, -0.2) is 0 Å². The fourth-order valence-electron chi connectivity index (χ4n) is 2.04. The van der Waals surface area contributed by atoms with Crippen molar-refractivity contribution < 1.29 is 9.63 Å². The second kappa shape index (κ2) is 5.97. The molecule has 0 saturated carbocycles. The number of nitrogens with two attached hydrogens (primary N) is 1. The third kappa shape index (κ3) is 3.17. The molecule has 6 heteroatoms. The van der Waals surface area contributed by atoms with Crippen LogP contribution >= 0.6 is 0 Å².